The number of fused-ring (bicyclic) bond motifs is 1. The van der Waals surface area contributed by atoms with Gasteiger partial charge in [0.05, 0.1) is 17.9 Å². The minimum atomic E-state index is -0.156. The zero-order valence-corrected chi connectivity index (χ0v) is 13.2. The Morgan fingerprint density at radius 1 is 1.39 bits per heavy atom. The lowest BCUT2D eigenvalue weighted by molar-refractivity contribution is -0.00779. The van der Waals surface area contributed by atoms with Crippen molar-refractivity contribution >= 4 is 5.91 Å². The molecule has 2 fully saturated rings. The second-order valence-corrected chi connectivity index (χ2v) is 6.27. The lowest BCUT2D eigenvalue weighted by Crippen LogP contribution is -2.44. The van der Waals surface area contributed by atoms with Crippen LogP contribution in [0.15, 0.2) is 21.3 Å². The Balaban J connectivity index is 1.45. The van der Waals surface area contributed by atoms with Crippen molar-refractivity contribution in [1.82, 2.24) is 15.0 Å². The van der Waals surface area contributed by atoms with Gasteiger partial charge in [0.15, 0.2) is 5.82 Å². The molecule has 0 aromatic carbocycles. The summed E-state index contributed by atoms with van der Waals surface area (Å²) in [6.45, 7) is 4.99. The molecule has 0 bridgehead atoms. The molecule has 0 unspecified atom stereocenters. The largest absolute Gasteiger partial charge is 0.469 e. The SMILES string of the molecule is Cc1noc([C@H]2C[C@H]3CN(C(=O)c4ccoc4C)CC[C@@H]3O2)n1. The number of hydrogen-bond acceptors (Lipinski definition) is 6. The number of carbonyl (C=O) groups is 1. The first-order chi connectivity index (χ1) is 11.1. The maximum atomic E-state index is 12.6. The van der Waals surface area contributed by atoms with E-state index in [-0.39, 0.29) is 18.1 Å². The minimum Gasteiger partial charge on any atom is -0.469 e. The van der Waals surface area contributed by atoms with Crippen molar-refractivity contribution in [3.63, 3.8) is 0 Å². The second kappa shape index (κ2) is 5.49. The normalized spacial score (nSPS) is 27.2. The minimum absolute atomic E-state index is 0.0341. The van der Waals surface area contributed by atoms with Gasteiger partial charge in [-0.25, -0.2) is 0 Å². The molecule has 2 aliphatic heterocycles. The number of amides is 1. The smallest absolute Gasteiger partial charge is 0.257 e. The Bertz CT molecular complexity index is 722. The van der Waals surface area contributed by atoms with Crippen LogP contribution in [0.5, 0.6) is 0 Å². The van der Waals surface area contributed by atoms with Gasteiger partial charge in [0.1, 0.15) is 11.9 Å². The van der Waals surface area contributed by atoms with Gasteiger partial charge < -0.3 is 18.6 Å². The number of piperidine rings is 1. The summed E-state index contributed by atoms with van der Waals surface area (Å²) in [5, 5.41) is 3.82. The van der Waals surface area contributed by atoms with E-state index in [0.717, 1.165) is 12.8 Å². The van der Waals surface area contributed by atoms with E-state index in [1.165, 1.54) is 0 Å². The molecule has 2 aromatic rings. The number of aryl methyl sites for hydroxylation is 2. The van der Waals surface area contributed by atoms with Crippen LogP contribution in [0.25, 0.3) is 0 Å². The van der Waals surface area contributed by atoms with Crippen LogP contribution < -0.4 is 0 Å². The highest BCUT2D eigenvalue weighted by Crippen LogP contribution is 2.40. The van der Waals surface area contributed by atoms with Gasteiger partial charge in [0, 0.05) is 19.0 Å². The Morgan fingerprint density at radius 2 is 2.26 bits per heavy atom. The van der Waals surface area contributed by atoms with Crippen molar-refractivity contribution < 1.29 is 18.5 Å². The van der Waals surface area contributed by atoms with E-state index in [9.17, 15) is 4.79 Å². The zero-order valence-electron chi connectivity index (χ0n) is 13.2. The maximum Gasteiger partial charge on any atom is 0.257 e. The fraction of sp³-hybridized carbons (Fsp3) is 0.562. The average Bonchev–Trinajstić information content (AvgIpc) is 3.24. The zero-order chi connectivity index (χ0) is 16.0. The number of carbonyl (C=O) groups excluding carboxylic acids is 1. The average molecular weight is 317 g/mol. The van der Waals surface area contributed by atoms with Crippen LogP contribution in [0, 0.1) is 19.8 Å². The number of furan rings is 1. The molecule has 23 heavy (non-hydrogen) atoms. The van der Waals surface area contributed by atoms with Crippen molar-refractivity contribution in [1.29, 1.82) is 0 Å². The van der Waals surface area contributed by atoms with Gasteiger partial charge in [-0.15, -0.1) is 0 Å². The first-order valence-corrected chi connectivity index (χ1v) is 7.91. The van der Waals surface area contributed by atoms with E-state index >= 15 is 0 Å². The first-order valence-electron chi connectivity index (χ1n) is 7.91. The van der Waals surface area contributed by atoms with Crippen LogP contribution in [0.3, 0.4) is 0 Å². The Kier molecular flexibility index (Phi) is 3.45. The highest BCUT2D eigenvalue weighted by Gasteiger charge is 2.42. The lowest BCUT2D eigenvalue weighted by atomic mass is 9.92. The molecule has 3 atom stereocenters. The molecule has 0 saturated carbocycles. The summed E-state index contributed by atoms with van der Waals surface area (Å²) in [5.41, 5.74) is 0.645. The van der Waals surface area contributed by atoms with E-state index < -0.39 is 0 Å². The molecule has 2 saturated heterocycles. The van der Waals surface area contributed by atoms with Gasteiger partial charge in [-0.1, -0.05) is 5.16 Å². The molecule has 0 N–H and O–H groups in total. The van der Waals surface area contributed by atoms with Crippen molar-refractivity contribution in [2.45, 2.75) is 38.9 Å². The summed E-state index contributed by atoms with van der Waals surface area (Å²) in [6.07, 6.45) is 3.19. The quantitative estimate of drug-likeness (QED) is 0.845. The predicted octanol–water partition coefficient (Wildman–Crippen LogP) is 2.27. The highest BCUT2D eigenvalue weighted by molar-refractivity contribution is 5.95. The van der Waals surface area contributed by atoms with E-state index in [1.807, 2.05) is 11.8 Å². The fourth-order valence-corrected chi connectivity index (χ4v) is 3.52. The molecule has 7 heteroatoms. The number of ether oxygens (including phenoxy) is 1. The van der Waals surface area contributed by atoms with Crippen molar-refractivity contribution in [2.24, 2.45) is 5.92 Å². The van der Waals surface area contributed by atoms with Crippen molar-refractivity contribution in [3.05, 3.63) is 35.4 Å². The van der Waals surface area contributed by atoms with Gasteiger partial charge in [0.25, 0.3) is 11.8 Å². The van der Waals surface area contributed by atoms with Gasteiger partial charge in [-0.05, 0) is 32.8 Å². The number of likely N-dealkylation sites (tertiary alicyclic amines) is 1. The molecule has 2 aromatic heterocycles. The topological polar surface area (TPSA) is 81.6 Å². The van der Waals surface area contributed by atoms with Gasteiger partial charge >= 0.3 is 0 Å². The van der Waals surface area contributed by atoms with Crippen molar-refractivity contribution in [3.8, 4) is 0 Å². The van der Waals surface area contributed by atoms with Crippen LogP contribution in [0.1, 0.15) is 46.8 Å². The molecule has 0 spiro atoms. The van der Waals surface area contributed by atoms with Crippen molar-refractivity contribution in [2.75, 3.05) is 13.1 Å². The van der Waals surface area contributed by atoms with E-state index in [1.54, 1.807) is 19.3 Å². The predicted molar refractivity (Wildman–Crippen MR) is 78.7 cm³/mol. The summed E-state index contributed by atoms with van der Waals surface area (Å²) in [7, 11) is 0. The number of aromatic nitrogens is 2. The monoisotopic (exact) mass is 317 g/mol. The van der Waals surface area contributed by atoms with E-state index in [2.05, 4.69) is 10.1 Å². The lowest BCUT2D eigenvalue weighted by Gasteiger charge is -2.33. The molecular formula is C16H19N3O4. The van der Waals surface area contributed by atoms with E-state index in [0.29, 0.717) is 42.0 Å². The molecule has 4 rings (SSSR count). The van der Waals surface area contributed by atoms with Crippen LogP contribution >= 0.6 is 0 Å². The Labute approximate surface area is 133 Å². The van der Waals surface area contributed by atoms with E-state index in [4.69, 9.17) is 13.7 Å². The third-order valence-electron chi connectivity index (χ3n) is 4.72. The van der Waals surface area contributed by atoms with Crippen LogP contribution in [-0.2, 0) is 4.74 Å². The molecule has 2 aliphatic rings. The van der Waals surface area contributed by atoms with Gasteiger partial charge in [-0.2, -0.15) is 4.98 Å². The number of nitrogens with zero attached hydrogens (tertiary/aromatic N) is 3. The molecule has 7 nitrogen and oxygen atoms in total. The van der Waals surface area contributed by atoms with Crippen LogP contribution in [0.4, 0.5) is 0 Å². The van der Waals surface area contributed by atoms with Crippen LogP contribution in [0.2, 0.25) is 0 Å². The molecule has 0 radical (unpaired) electrons. The molecule has 0 aliphatic carbocycles. The summed E-state index contributed by atoms with van der Waals surface area (Å²) in [6, 6.07) is 1.74. The van der Waals surface area contributed by atoms with Gasteiger partial charge in [-0.3, -0.25) is 4.79 Å². The molecular weight excluding hydrogens is 298 g/mol. The summed E-state index contributed by atoms with van der Waals surface area (Å²) < 4.78 is 16.5. The summed E-state index contributed by atoms with van der Waals surface area (Å²) in [5.74, 6) is 2.16. The third kappa shape index (κ3) is 2.55. The van der Waals surface area contributed by atoms with Crippen LogP contribution in [-0.4, -0.2) is 40.1 Å². The first kappa shape index (κ1) is 14.4. The number of hydrogen-bond donors (Lipinski definition) is 0. The molecule has 1 amide bonds. The Hall–Kier alpha value is -2.15. The maximum absolute atomic E-state index is 12.6. The third-order valence-corrected chi connectivity index (χ3v) is 4.72. The highest BCUT2D eigenvalue weighted by atomic mass is 16.5. The fourth-order valence-electron chi connectivity index (χ4n) is 3.52. The summed E-state index contributed by atoms with van der Waals surface area (Å²) in [4.78, 5) is 18.8. The molecule has 122 valence electrons. The second-order valence-electron chi connectivity index (χ2n) is 6.27. The Morgan fingerprint density at radius 3 is 2.96 bits per heavy atom. The summed E-state index contributed by atoms with van der Waals surface area (Å²) >= 11 is 0. The van der Waals surface area contributed by atoms with Gasteiger partial charge in [0.2, 0.25) is 0 Å². The molecule has 4 heterocycles. The standard InChI is InChI=1S/C16H19N3O4/c1-9-12(4-6-21-9)16(20)19-5-3-13-11(8-19)7-14(22-13)15-17-10(2)18-23-15/h4,6,11,13-14H,3,5,7-8H2,1-2H3/t11-,13-,14+/m0/s1. The number of rotatable bonds is 2.